The van der Waals surface area contributed by atoms with E-state index >= 15 is 0 Å². The van der Waals surface area contributed by atoms with Gasteiger partial charge in [-0.2, -0.15) is 0 Å². The second kappa shape index (κ2) is 4.53. The van der Waals surface area contributed by atoms with E-state index in [-0.39, 0.29) is 11.9 Å². The van der Waals surface area contributed by atoms with Crippen LogP contribution in [0.3, 0.4) is 0 Å². The zero-order valence-corrected chi connectivity index (χ0v) is 10.2. The third-order valence-electron chi connectivity index (χ3n) is 2.83. The highest BCUT2D eigenvalue weighted by atomic mass is 32.1. The van der Waals surface area contributed by atoms with Gasteiger partial charge in [0, 0.05) is 15.1 Å². The molecule has 18 heavy (non-hydrogen) atoms. The van der Waals surface area contributed by atoms with Crippen LogP contribution in [-0.4, -0.2) is 0 Å². The van der Waals surface area contributed by atoms with Gasteiger partial charge in [-0.15, -0.1) is 11.3 Å². The molecule has 0 saturated carbocycles. The maximum absolute atomic E-state index is 13.2. The number of rotatable bonds is 3. The Bertz CT molecular complexity index is 663. The van der Waals surface area contributed by atoms with Crippen molar-refractivity contribution < 1.29 is 8.81 Å². The van der Waals surface area contributed by atoms with Crippen molar-refractivity contribution in [2.75, 3.05) is 0 Å². The summed E-state index contributed by atoms with van der Waals surface area (Å²) in [5, 5.41) is 1.01. The van der Waals surface area contributed by atoms with Crippen LogP contribution in [0.2, 0.25) is 0 Å². The number of nitrogens with two attached hydrogens (primary N) is 1. The molecule has 2 heterocycles. The van der Waals surface area contributed by atoms with E-state index in [0.29, 0.717) is 0 Å². The normalized spacial score (nSPS) is 13.0. The molecule has 1 unspecified atom stereocenters. The predicted octanol–water partition coefficient (Wildman–Crippen LogP) is 3.19. The number of fused-ring (bicyclic) bond motifs is 1. The number of furan rings is 1. The first-order valence-electron chi connectivity index (χ1n) is 5.45. The quantitative estimate of drug-likeness (QED) is 0.563. The third-order valence-corrected chi connectivity index (χ3v) is 3.99. The van der Waals surface area contributed by atoms with Gasteiger partial charge in [0.15, 0.2) is 0 Å². The van der Waals surface area contributed by atoms with Crippen LogP contribution in [0.1, 0.15) is 16.5 Å². The van der Waals surface area contributed by atoms with Crippen molar-refractivity contribution in [1.82, 2.24) is 5.43 Å². The van der Waals surface area contributed by atoms with Gasteiger partial charge >= 0.3 is 0 Å². The lowest BCUT2D eigenvalue weighted by molar-refractivity contribution is 0.554. The minimum Gasteiger partial charge on any atom is -0.472 e. The van der Waals surface area contributed by atoms with Crippen LogP contribution in [0.15, 0.2) is 47.3 Å². The Morgan fingerprint density at radius 1 is 1.28 bits per heavy atom. The van der Waals surface area contributed by atoms with E-state index in [1.807, 2.05) is 12.1 Å². The molecule has 0 aliphatic heterocycles. The highest BCUT2D eigenvalue weighted by Crippen LogP contribution is 2.33. The lowest BCUT2D eigenvalue weighted by Gasteiger charge is -2.11. The molecule has 0 aliphatic rings. The van der Waals surface area contributed by atoms with Crippen LogP contribution in [0, 0.1) is 5.82 Å². The molecule has 0 aliphatic carbocycles. The van der Waals surface area contributed by atoms with Gasteiger partial charge in [0.2, 0.25) is 0 Å². The molecule has 3 N–H and O–H groups in total. The van der Waals surface area contributed by atoms with Gasteiger partial charge in [-0.1, -0.05) is 6.07 Å². The summed E-state index contributed by atoms with van der Waals surface area (Å²) in [7, 11) is 0. The van der Waals surface area contributed by atoms with Gasteiger partial charge in [-0.3, -0.25) is 5.84 Å². The summed E-state index contributed by atoms with van der Waals surface area (Å²) in [5.41, 5.74) is 3.70. The van der Waals surface area contributed by atoms with Crippen molar-refractivity contribution in [3.63, 3.8) is 0 Å². The van der Waals surface area contributed by atoms with Gasteiger partial charge in [-0.05, 0) is 29.7 Å². The third kappa shape index (κ3) is 1.92. The zero-order chi connectivity index (χ0) is 12.5. The lowest BCUT2D eigenvalue weighted by atomic mass is 10.1. The summed E-state index contributed by atoms with van der Waals surface area (Å²) in [6, 6.07) is 8.50. The fraction of sp³-hybridized carbons (Fsp3) is 0.0769. The fourth-order valence-electron chi connectivity index (χ4n) is 1.95. The number of benzene rings is 1. The number of hydrogen-bond donors (Lipinski definition) is 2. The number of thiophene rings is 1. The van der Waals surface area contributed by atoms with Crippen LogP contribution in [-0.2, 0) is 0 Å². The van der Waals surface area contributed by atoms with Crippen LogP contribution >= 0.6 is 11.3 Å². The number of hydrazine groups is 1. The van der Waals surface area contributed by atoms with Crippen LogP contribution < -0.4 is 11.3 Å². The minimum absolute atomic E-state index is 0.135. The van der Waals surface area contributed by atoms with E-state index < -0.39 is 0 Å². The molecule has 0 saturated heterocycles. The van der Waals surface area contributed by atoms with E-state index in [4.69, 9.17) is 10.3 Å². The van der Waals surface area contributed by atoms with Crippen molar-refractivity contribution >= 4 is 21.4 Å². The van der Waals surface area contributed by atoms with Crippen molar-refractivity contribution in [3.8, 4) is 0 Å². The van der Waals surface area contributed by atoms with Gasteiger partial charge in [0.1, 0.15) is 5.82 Å². The van der Waals surface area contributed by atoms with Gasteiger partial charge in [0.05, 0.1) is 18.6 Å². The van der Waals surface area contributed by atoms with Crippen molar-refractivity contribution in [1.29, 1.82) is 0 Å². The van der Waals surface area contributed by atoms with E-state index in [2.05, 4.69) is 5.43 Å². The van der Waals surface area contributed by atoms with E-state index in [0.717, 1.165) is 20.5 Å². The predicted molar refractivity (Wildman–Crippen MR) is 69.7 cm³/mol. The lowest BCUT2D eigenvalue weighted by Crippen LogP contribution is -2.27. The van der Waals surface area contributed by atoms with Crippen molar-refractivity contribution in [2.45, 2.75) is 6.04 Å². The Morgan fingerprint density at radius 3 is 2.89 bits per heavy atom. The Morgan fingerprint density at radius 2 is 2.17 bits per heavy atom. The Labute approximate surface area is 107 Å². The SMILES string of the molecule is NNC(c1ccoc1)c1cc2ccc(F)cc2s1. The summed E-state index contributed by atoms with van der Waals surface area (Å²) in [5.74, 6) is 5.36. The highest BCUT2D eigenvalue weighted by molar-refractivity contribution is 7.19. The highest BCUT2D eigenvalue weighted by Gasteiger charge is 2.16. The summed E-state index contributed by atoms with van der Waals surface area (Å²) >= 11 is 1.52. The Balaban J connectivity index is 2.07. The van der Waals surface area contributed by atoms with Gasteiger partial charge < -0.3 is 4.42 Å². The van der Waals surface area contributed by atoms with E-state index in [1.54, 1.807) is 18.6 Å². The summed E-state index contributed by atoms with van der Waals surface area (Å²) in [6.45, 7) is 0. The molecule has 0 radical (unpaired) electrons. The van der Waals surface area contributed by atoms with E-state index in [9.17, 15) is 4.39 Å². The molecule has 1 atom stereocenters. The number of halogens is 1. The summed E-state index contributed by atoms with van der Waals surface area (Å²) in [4.78, 5) is 1.03. The number of nitrogens with one attached hydrogen (secondary N) is 1. The average Bonchev–Trinajstić information content (AvgIpc) is 2.98. The summed E-state index contributed by atoms with van der Waals surface area (Å²) < 4.78 is 19.1. The maximum atomic E-state index is 13.2. The van der Waals surface area contributed by atoms with Crippen LogP contribution in [0.25, 0.3) is 10.1 Å². The van der Waals surface area contributed by atoms with Crippen LogP contribution in [0.5, 0.6) is 0 Å². The van der Waals surface area contributed by atoms with Crippen molar-refractivity contribution in [2.24, 2.45) is 5.84 Å². The monoisotopic (exact) mass is 262 g/mol. The van der Waals surface area contributed by atoms with Crippen molar-refractivity contribution in [3.05, 3.63) is 59.1 Å². The smallest absolute Gasteiger partial charge is 0.124 e. The summed E-state index contributed by atoms with van der Waals surface area (Å²) in [6.07, 6.45) is 3.25. The standard InChI is InChI=1S/C13H11FN2OS/c14-10-2-1-8-5-12(18-11(8)6-10)13(16-15)9-3-4-17-7-9/h1-7,13,16H,15H2. The molecule has 3 nitrogen and oxygen atoms in total. The molecule has 92 valence electrons. The molecule has 0 spiro atoms. The van der Waals surface area contributed by atoms with E-state index in [1.165, 1.54) is 23.5 Å². The number of hydrogen-bond acceptors (Lipinski definition) is 4. The molecule has 1 aromatic carbocycles. The molecule has 2 aromatic heterocycles. The first-order chi connectivity index (χ1) is 8.78. The zero-order valence-electron chi connectivity index (χ0n) is 9.39. The molecular weight excluding hydrogens is 251 g/mol. The molecule has 0 fully saturated rings. The second-order valence-corrected chi connectivity index (χ2v) is 5.10. The van der Waals surface area contributed by atoms with Gasteiger partial charge in [-0.25, -0.2) is 9.82 Å². The topological polar surface area (TPSA) is 51.2 Å². The first-order valence-corrected chi connectivity index (χ1v) is 6.27. The fourth-order valence-corrected chi connectivity index (χ4v) is 3.13. The first kappa shape index (κ1) is 11.4. The minimum atomic E-state index is -0.225. The van der Waals surface area contributed by atoms with Gasteiger partial charge in [0.25, 0.3) is 0 Å². The van der Waals surface area contributed by atoms with Crippen LogP contribution in [0.4, 0.5) is 4.39 Å². The molecular formula is C13H11FN2OS. The average molecular weight is 262 g/mol. The molecule has 3 aromatic rings. The molecule has 3 rings (SSSR count). The largest absolute Gasteiger partial charge is 0.472 e. The molecule has 0 amide bonds. The molecule has 0 bridgehead atoms. The second-order valence-electron chi connectivity index (χ2n) is 3.99. The molecule has 5 heteroatoms. The Kier molecular flexibility index (Phi) is 2.87. The maximum Gasteiger partial charge on any atom is 0.124 e. The Hall–Kier alpha value is -1.69.